The number of carbonyl (C=O) groups excluding carboxylic acids is 2. The number of morpholine rings is 1. The number of hydrogen-bond donors (Lipinski definition) is 0. The molecular weight excluding hydrogens is 372 g/mol. The van der Waals surface area contributed by atoms with Gasteiger partial charge in [-0.3, -0.25) is 9.78 Å². The number of amides is 2. The van der Waals surface area contributed by atoms with Crippen molar-refractivity contribution in [2.75, 3.05) is 39.4 Å². The zero-order valence-corrected chi connectivity index (χ0v) is 17.3. The van der Waals surface area contributed by atoms with Crippen molar-refractivity contribution in [3.05, 3.63) is 30.1 Å². The largest absolute Gasteiger partial charge is 0.444 e. The van der Waals surface area contributed by atoms with Gasteiger partial charge in [-0.05, 0) is 32.9 Å². The van der Waals surface area contributed by atoms with Crippen molar-refractivity contribution in [3.63, 3.8) is 0 Å². The van der Waals surface area contributed by atoms with E-state index in [2.05, 4.69) is 9.55 Å². The number of rotatable bonds is 3. The molecule has 29 heavy (non-hydrogen) atoms. The van der Waals surface area contributed by atoms with Crippen molar-refractivity contribution in [2.24, 2.45) is 5.92 Å². The van der Waals surface area contributed by atoms with Crippen molar-refractivity contribution in [1.82, 2.24) is 19.4 Å². The number of ether oxygens (including phenoxy) is 2. The second-order valence-electron chi connectivity index (χ2n) is 8.72. The van der Waals surface area contributed by atoms with E-state index in [0.717, 1.165) is 17.6 Å². The first-order valence-corrected chi connectivity index (χ1v) is 10.1. The van der Waals surface area contributed by atoms with Crippen LogP contribution in [0.5, 0.6) is 0 Å². The summed E-state index contributed by atoms with van der Waals surface area (Å²) in [4.78, 5) is 33.2. The molecule has 0 radical (unpaired) electrons. The molecule has 8 nitrogen and oxygen atoms in total. The number of carbonyl (C=O) groups is 2. The number of fused-ring (bicyclic) bond motifs is 1. The molecule has 2 fully saturated rings. The number of hydrogen-bond acceptors (Lipinski definition) is 5. The molecule has 0 atom stereocenters. The van der Waals surface area contributed by atoms with Crippen LogP contribution in [0, 0.1) is 5.92 Å². The molecule has 2 aromatic heterocycles. The van der Waals surface area contributed by atoms with E-state index in [1.807, 2.05) is 44.0 Å². The summed E-state index contributed by atoms with van der Waals surface area (Å²) in [5, 5.41) is 0. The molecule has 8 heteroatoms. The fraction of sp³-hybridized carbons (Fsp3) is 0.571. The van der Waals surface area contributed by atoms with E-state index in [4.69, 9.17) is 9.47 Å². The van der Waals surface area contributed by atoms with Gasteiger partial charge in [0.1, 0.15) is 11.1 Å². The van der Waals surface area contributed by atoms with Crippen LogP contribution in [-0.4, -0.2) is 76.3 Å². The second-order valence-corrected chi connectivity index (χ2v) is 8.72. The van der Waals surface area contributed by atoms with Crippen molar-refractivity contribution in [2.45, 2.75) is 32.9 Å². The van der Waals surface area contributed by atoms with E-state index >= 15 is 0 Å². The van der Waals surface area contributed by atoms with Crippen LogP contribution in [0.2, 0.25) is 0 Å². The van der Waals surface area contributed by atoms with Gasteiger partial charge in [0.05, 0.1) is 24.3 Å². The maximum atomic E-state index is 13.0. The van der Waals surface area contributed by atoms with E-state index in [9.17, 15) is 9.59 Å². The van der Waals surface area contributed by atoms with Gasteiger partial charge in [-0.25, -0.2) is 4.79 Å². The Morgan fingerprint density at radius 2 is 1.93 bits per heavy atom. The molecule has 0 saturated carbocycles. The second kappa shape index (κ2) is 7.67. The Morgan fingerprint density at radius 3 is 2.62 bits per heavy atom. The third-order valence-corrected chi connectivity index (χ3v) is 5.23. The smallest absolute Gasteiger partial charge is 0.410 e. The lowest BCUT2D eigenvalue weighted by atomic mass is 10.0. The zero-order chi connectivity index (χ0) is 20.6. The Kier molecular flexibility index (Phi) is 5.21. The fourth-order valence-corrected chi connectivity index (χ4v) is 3.81. The molecule has 0 spiro atoms. The minimum absolute atomic E-state index is 0.000240. The summed E-state index contributed by atoms with van der Waals surface area (Å²) in [5.74, 6) is 0.324. The summed E-state index contributed by atoms with van der Waals surface area (Å²) in [7, 11) is 0. The molecule has 0 aromatic carbocycles. The molecule has 0 unspecified atom stereocenters. The molecule has 2 amide bonds. The van der Waals surface area contributed by atoms with Gasteiger partial charge in [0, 0.05) is 51.0 Å². The van der Waals surface area contributed by atoms with Gasteiger partial charge in [-0.2, -0.15) is 0 Å². The van der Waals surface area contributed by atoms with Crippen molar-refractivity contribution < 1.29 is 19.1 Å². The fourth-order valence-electron chi connectivity index (χ4n) is 3.81. The van der Waals surface area contributed by atoms with Gasteiger partial charge in [-0.1, -0.05) is 0 Å². The number of aromatic nitrogens is 2. The average molecular weight is 400 g/mol. The van der Waals surface area contributed by atoms with Gasteiger partial charge in [0.15, 0.2) is 0 Å². The molecule has 2 aliphatic heterocycles. The van der Waals surface area contributed by atoms with Gasteiger partial charge >= 0.3 is 6.09 Å². The molecule has 2 aromatic rings. The molecule has 156 valence electrons. The highest BCUT2D eigenvalue weighted by Gasteiger charge is 2.34. The molecule has 0 bridgehead atoms. The minimum Gasteiger partial charge on any atom is -0.444 e. The molecule has 2 saturated heterocycles. The molecular formula is C21H28N4O4. The van der Waals surface area contributed by atoms with Crippen molar-refractivity contribution in [1.29, 1.82) is 0 Å². The normalized spacial score (nSPS) is 18.0. The average Bonchev–Trinajstić information content (AvgIpc) is 3.01. The van der Waals surface area contributed by atoms with E-state index in [-0.39, 0.29) is 12.0 Å². The van der Waals surface area contributed by atoms with Crippen LogP contribution in [0.4, 0.5) is 4.79 Å². The lowest BCUT2D eigenvalue weighted by molar-refractivity contribution is -0.00316. The Labute approximate surface area is 170 Å². The van der Waals surface area contributed by atoms with Crippen LogP contribution in [0.1, 0.15) is 31.1 Å². The molecule has 2 aliphatic rings. The van der Waals surface area contributed by atoms with E-state index in [1.54, 1.807) is 11.1 Å². The van der Waals surface area contributed by atoms with Crippen LogP contribution in [0.15, 0.2) is 24.5 Å². The Balaban J connectivity index is 1.46. The molecule has 0 aliphatic carbocycles. The van der Waals surface area contributed by atoms with Crippen LogP contribution in [0.25, 0.3) is 11.0 Å². The summed E-state index contributed by atoms with van der Waals surface area (Å²) >= 11 is 0. The predicted molar refractivity (Wildman–Crippen MR) is 108 cm³/mol. The van der Waals surface area contributed by atoms with Gasteiger partial charge < -0.3 is 23.8 Å². The first kappa shape index (κ1) is 19.7. The molecule has 4 rings (SSSR count). The highest BCUT2D eigenvalue weighted by molar-refractivity contribution is 6.05. The molecule has 0 N–H and O–H groups in total. The summed E-state index contributed by atoms with van der Waals surface area (Å²) in [6.07, 6.45) is 3.36. The quantitative estimate of drug-likeness (QED) is 0.791. The monoisotopic (exact) mass is 400 g/mol. The number of likely N-dealkylation sites (tertiary alicyclic amines) is 1. The highest BCUT2D eigenvalue weighted by Crippen LogP contribution is 2.26. The third kappa shape index (κ3) is 4.22. The van der Waals surface area contributed by atoms with Gasteiger partial charge in [0.2, 0.25) is 0 Å². The minimum atomic E-state index is -0.487. The first-order valence-electron chi connectivity index (χ1n) is 10.1. The van der Waals surface area contributed by atoms with Crippen LogP contribution in [0.3, 0.4) is 0 Å². The topological polar surface area (TPSA) is 76.9 Å². The first-order chi connectivity index (χ1) is 13.8. The lowest BCUT2D eigenvalue weighted by Gasteiger charge is -2.40. The zero-order valence-electron chi connectivity index (χ0n) is 17.3. The van der Waals surface area contributed by atoms with Gasteiger partial charge in [0.25, 0.3) is 5.91 Å². The van der Waals surface area contributed by atoms with Crippen LogP contribution in [-0.2, 0) is 16.0 Å². The number of pyridine rings is 1. The summed E-state index contributed by atoms with van der Waals surface area (Å²) in [5.41, 5.74) is 1.82. The Morgan fingerprint density at radius 1 is 1.21 bits per heavy atom. The van der Waals surface area contributed by atoms with Gasteiger partial charge in [-0.15, -0.1) is 0 Å². The van der Waals surface area contributed by atoms with Crippen LogP contribution >= 0.6 is 0 Å². The maximum absolute atomic E-state index is 13.0. The molecule has 4 heterocycles. The highest BCUT2D eigenvalue weighted by atomic mass is 16.6. The van der Waals surface area contributed by atoms with E-state index in [1.165, 1.54) is 0 Å². The maximum Gasteiger partial charge on any atom is 0.410 e. The lowest BCUT2D eigenvalue weighted by Crippen LogP contribution is -2.52. The SMILES string of the molecule is CC(C)(C)OC(=O)N1CC(Cn2cc(C(=O)N3CCOCC3)c3ncccc32)C1. The van der Waals surface area contributed by atoms with Crippen molar-refractivity contribution in [3.8, 4) is 0 Å². The van der Waals surface area contributed by atoms with Crippen LogP contribution < -0.4 is 0 Å². The Hall–Kier alpha value is -2.61. The van der Waals surface area contributed by atoms with Crippen molar-refractivity contribution >= 4 is 23.0 Å². The number of nitrogens with zero attached hydrogens (tertiary/aromatic N) is 4. The summed E-state index contributed by atoms with van der Waals surface area (Å²) < 4.78 is 12.9. The summed E-state index contributed by atoms with van der Waals surface area (Å²) in [6, 6.07) is 3.87. The summed E-state index contributed by atoms with van der Waals surface area (Å²) in [6.45, 7) is 10.00. The van der Waals surface area contributed by atoms with E-state index in [0.29, 0.717) is 50.9 Å². The predicted octanol–water partition coefficient (Wildman–Crippen LogP) is 2.38. The third-order valence-electron chi connectivity index (χ3n) is 5.23. The Bertz CT molecular complexity index is 905. The van der Waals surface area contributed by atoms with E-state index < -0.39 is 5.60 Å². The standard InChI is InChI=1S/C21H28N4O4/c1-21(2,3)29-20(27)25-12-15(13-25)11-24-14-16(18-17(24)5-4-6-22-18)19(26)23-7-9-28-10-8-23/h4-6,14-15H,7-13H2,1-3H3.